The maximum absolute atomic E-state index is 12.4. The lowest BCUT2D eigenvalue weighted by Crippen LogP contribution is -2.21. The highest BCUT2D eigenvalue weighted by Crippen LogP contribution is 2.14. The van der Waals surface area contributed by atoms with Gasteiger partial charge in [-0.05, 0) is 56.4 Å². The largest absolute Gasteiger partial charge is 0.332 e. The molecule has 0 aliphatic heterocycles. The summed E-state index contributed by atoms with van der Waals surface area (Å²) in [5.41, 5.74) is 2.72. The van der Waals surface area contributed by atoms with Crippen molar-refractivity contribution in [2.45, 2.75) is 20.4 Å². The lowest BCUT2D eigenvalue weighted by atomic mass is 10.1. The lowest BCUT2D eigenvalue weighted by Gasteiger charge is -2.08. The van der Waals surface area contributed by atoms with E-state index in [-0.39, 0.29) is 11.5 Å². The Balaban J connectivity index is 1.98. The second kappa shape index (κ2) is 6.41. The highest BCUT2D eigenvalue weighted by molar-refractivity contribution is 7.71. The van der Waals surface area contributed by atoms with Crippen molar-refractivity contribution in [2.75, 3.05) is 5.32 Å². The summed E-state index contributed by atoms with van der Waals surface area (Å²) in [7, 11) is 0. The van der Waals surface area contributed by atoms with Crippen LogP contribution in [-0.4, -0.2) is 15.5 Å². The van der Waals surface area contributed by atoms with Crippen LogP contribution in [-0.2, 0) is 6.54 Å². The normalized spacial score (nSPS) is 10.8. The molecule has 0 unspecified atom stereocenters. The van der Waals surface area contributed by atoms with Crippen molar-refractivity contribution in [3.05, 3.63) is 68.7 Å². The molecule has 0 aliphatic carbocycles. The molecule has 0 atom stereocenters. The maximum atomic E-state index is 12.4. The van der Waals surface area contributed by atoms with Gasteiger partial charge < -0.3 is 10.3 Å². The Morgan fingerprint density at radius 2 is 1.92 bits per heavy atom. The van der Waals surface area contributed by atoms with E-state index >= 15 is 0 Å². The zero-order chi connectivity index (χ0) is 17.3. The first kappa shape index (κ1) is 16.1. The minimum absolute atomic E-state index is 0.151. The number of benzene rings is 2. The lowest BCUT2D eigenvalue weighted by molar-refractivity contribution is 0.102. The van der Waals surface area contributed by atoms with E-state index in [1.165, 1.54) is 4.57 Å². The fourth-order valence-corrected chi connectivity index (χ4v) is 2.85. The van der Waals surface area contributed by atoms with Gasteiger partial charge in [0, 0.05) is 17.8 Å². The third-order valence-electron chi connectivity index (χ3n) is 3.87. The highest BCUT2D eigenvalue weighted by atomic mass is 32.1. The van der Waals surface area contributed by atoms with Gasteiger partial charge in [-0.25, -0.2) is 0 Å². The van der Waals surface area contributed by atoms with Crippen LogP contribution < -0.4 is 10.9 Å². The zero-order valence-corrected chi connectivity index (χ0v) is 14.2. The van der Waals surface area contributed by atoms with Crippen molar-refractivity contribution >= 4 is 34.7 Å². The van der Waals surface area contributed by atoms with E-state index in [0.717, 1.165) is 11.3 Å². The summed E-state index contributed by atoms with van der Waals surface area (Å²) >= 11 is 5.20. The predicted molar refractivity (Wildman–Crippen MR) is 98.2 cm³/mol. The Labute approximate surface area is 144 Å². The molecule has 6 heteroatoms. The van der Waals surface area contributed by atoms with Crippen LogP contribution in [0.3, 0.4) is 0 Å². The number of amides is 1. The molecule has 0 fully saturated rings. The van der Waals surface area contributed by atoms with Crippen LogP contribution in [0.4, 0.5) is 5.69 Å². The van der Waals surface area contributed by atoms with Crippen LogP contribution in [0, 0.1) is 11.7 Å². The van der Waals surface area contributed by atoms with Gasteiger partial charge in [-0.2, -0.15) is 0 Å². The molecule has 0 spiro atoms. The van der Waals surface area contributed by atoms with Gasteiger partial charge in [0.25, 0.3) is 11.5 Å². The monoisotopic (exact) mass is 339 g/mol. The van der Waals surface area contributed by atoms with Crippen molar-refractivity contribution < 1.29 is 4.79 Å². The van der Waals surface area contributed by atoms with E-state index in [9.17, 15) is 9.59 Å². The maximum Gasteiger partial charge on any atom is 0.262 e. The number of anilines is 1. The summed E-state index contributed by atoms with van der Waals surface area (Å²) in [6.07, 6.45) is 0. The Morgan fingerprint density at radius 3 is 2.58 bits per heavy atom. The first-order valence-corrected chi connectivity index (χ1v) is 8.05. The number of aromatic amines is 1. The Bertz CT molecular complexity index is 1030. The number of H-pyrrole nitrogens is 1. The quantitative estimate of drug-likeness (QED) is 0.716. The van der Waals surface area contributed by atoms with E-state index in [1.807, 2.05) is 38.1 Å². The molecule has 1 amide bonds. The molecule has 2 N–H and O–H groups in total. The minimum Gasteiger partial charge on any atom is -0.332 e. The van der Waals surface area contributed by atoms with Gasteiger partial charge in [-0.15, -0.1) is 0 Å². The number of nitrogens with zero attached hydrogens (tertiary/aromatic N) is 1. The summed E-state index contributed by atoms with van der Waals surface area (Å²) in [5, 5.41) is 3.35. The molecule has 0 saturated heterocycles. The molecule has 5 nitrogen and oxygen atoms in total. The van der Waals surface area contributed by atoms with Gasteiger partial charge in [0.1, 0.15) is 0 Å². The molecule has 0 aliphatic rings. The van der Waals surface area contributed by atoms with Crippen LogP contribution >= 0.6 is 12.2 Å². The third kappa shape index (κ3) is 3.00. The van der Waals surface area contributed by atoms with E-state index in [0.29, 0.717) is 27.8 Å². The average Bonchev–Trinajstić information content (AvgIpc) is 2.56. The highest BCUT2D eigenvalue weighted by Gasteiger charge is 2.10. The van der Waals surface area contributed by atoms with Crippen molar-refractivity contribution in [1.29, 1.82) is 0 Å². The molecule has 2 aromatic carbocycles. The number of carbonyl (C=O) groups is 1. The smallest absolute Gasteiger partial charge is 0.262 e. The fourth-order valence-electron chi connectivity index (χ4n) is 2.52. The Morgan fingerprint density at radius 1 is 1.21 bits per heavy atom. The van der Waals surface area contributed by atoms with E-state index in [4.69, 9.17) is 12.2 Å². The number of hydrogen-bond acceptors (Lipinski definition) is 3. The number of nitrogens with one attached hydrogen (secondary N) is 2. The van der Waals surface area contributed by atoms with Crippen LogP contribution in [0.5, 0.6) is 0 Å². The first-order chi connectivity index (χ1) is 11.5. The number of fused-ring (bicyclic) bond motifs is 1. The molecule has 0 saturated carbocycles. The van der Waals surface area contributed by atoms with Gasteiger partial charge in [0.05, 0.1) is 10.9 Å². The second-order valence-electron chi connectivity index (χ2n) is 5.56. The van der Waals surface area contributed by atoms with E-state index in [2.05, 4.69) is 10.3 Å². The van der Waals surface area contributed by atoms with Crippen molar-refractivity contribution in [1.82, 2.24) is 9.55 Å². The summed E-state index contributed by atoms with van der Waals surface area (Å²) in [5.74, 6) is -0.236. The standard InChI is InChI=1S/C18H17N3O2S/c1-3-21-17(23)14-9-6-12(10-15(14)20-18(21)24)16(22)19-13-7-4-11(2)5-8-13/h4-10H,3H2,1-2H3,(H,19,22)(H,20,24). The fraction of sp³-hybridized carbons (Fsp3) is 0.167. The molecule has 3 rings (SSSR count). The summed E-state index contributed by atoms with van der Waals surface area (Å²) in [6, 6.07) is 12.5. The predicted octanol–water partition coefficient (Wildman–Crippen LogP) is 3.64. The topological polar surface area (TPSA) is 66.9 Å². The second-order valence-corrected chi connectivity index (χ2v) is 5.95. The molecule has 1 heterocycles. The van der Waals surface area contributed by atoms with Crippen LogP contribution in [0.15, 0.2) is 47.3 Å². The number of carbonyl (C=O) groups excluding carboxylic acids is 1. The van der Waals surface area contributed by atoms with Gasteiger partial charge in [-0.3, -0.25) is 14.2 Å². The molecule has 3 aromatic rings. The molecule has 1 aromatic heterocycles. The van der Waals surface area contributed by atoms with Crippen molar-refractivity contribution in [3.8, 4) is 0 Å². The summed E-state index contributed by atoms with van der Waals surface area (Å²) < 4.78 is 1.84. The van der Waals surface area contributed by atoms with Crippen LogP contribution in [0.1, 0.15) is 22.8 Å². The summed E-state index contributed by atoms with van der Waals surface area (Å²) in [6.45, 7) is 4.35. The van der Waals surface area contributed by atoms with Gasteiger partial charge >= 0.3 is 0 Å². The molecule has 0 radical (unpaired) electrons. The molecule has 0 bridgehead atoms. The Hall–Kier alpha value is -2.73. The van der Waals surface area contributed by atoms with E-state index < -0.39 is 0 Å². The van der Waals surface area contributed by atoms with E-state index in [1.54, 1.807) is 18.2 Å². The average molecular weight is 339 g/mol. The van der Waals surface area contributed by atoms with Crippen molar-refractivity contribution in [3.63, 3.8) is 0 Å². The number of aromatic nitrogens is 2. The van der Waals surface area contributed by atoms with Crippen LogP contribution in [0.25, 0.3) is 10.9 Å². The summed E-state index contributed by atoms with van der Waals surface area (Å²) in [4.78, 5) is 27.8. The molecular formula is C18H17N3O2S. The van der Waals surface area contributed by atoms with Crippen molar-refractivity contribution in [2.24, 2.45) is 0 Å². The van der Waals surface area contributed by atoms with Gasteiger partial charge in [0.15, 0.2) is 4.77 Å². The minimum atomic E-state index is -0.236. The van der Waals surface area contributed by atoms with Gasteiger partial charge in [-0.1, -0.05) is 17.7 Å². The first-order valence-electron chi connectivity index (χ1n) is 7.64. The molecule has 24 heavy (non-hydrogen) atoms. The zero-order valence-electron chi connectivity index (χ0n) is 13.4. The SMILES string of the molecule is CCn1c(=S)[nH]c2cc(C(=O)Nc3ccc(C)cc3)ccc2c1=O. The van der Waals surface area contributed by atoms with Gasteiger partial charge in [0.2, 0.25) is 0 Å². The molecular weight excluding hydrogens is 322 g/mol. The van der Waals surface area contributed by atoms with Crippen LogP contribution in [0.2, 0.25) is 0 Å². The molecule has 122 valence electrons. The third-order valence-corrected chi connectivity index (χ3v) is 4.19. The number of rotatable bonds is 3. The number of aryl methyl sites for hydroxylation is 1. The number of hydrogen-bond donors (Lipinski definition) is 2. The Kier molecular flexibility index (Phi) is 4.31.